The van der Waals surface area contributed by atoms with Crippen molar-refractivity contribution < 1.29 is 101 Å². The molecule has 45 heteroatoms. The summed E-state index contributed by atoms with van der Waals surface area (Å²) in [5.41, 5.74) is 25.3. The van der Waals surface area contributed by atoms with Crippen molar-refractivity contribution in [2.45, 2.75) is 197 Å². The molecule has 7 aromatic rings. The zero-order valence-electron chi connectivity index (χ0n) is 86.5. The standard InChI is InChI=1S/C24H28F3N5O2.C23H27F3N6O2.C20H28BF3N2O3.C14H18ClN3O2.C9H10Cl2N2O.C5H9NO.2C4H10O/c1-14-7-22(33)32(12-14)21-9-17(8-20(28)30-21)19-10-18(4-3-15(19)2)29-23(34)31-6-5-16(13-31)11-24(25,26)27;1-13-2-3-17(29-22(34)31-5-4-14(11-31)10-23(24,25)26)9-18(13)15-6-19(28)30-20(7-15)32-12-16(27)8-21(32)33;1-13-6-7-15(10-16(13)21-28-18(2,3)19(4,5)29-21)25-17(27)26-9-8-14(12-26)11-20(22,23)24;1-10-6-14(19)18(9-10)13-8-11(15)7-12(16-13)17-2-4-20-5-3-17;10-7-5-8(11)12-9(6-7)13-1-3-14-4-2-13;1-4-2-5(7)6-3-4;2*1-3-5-4-2/h3-4,8-10,14,16H,5-7,11-13H2,1-2H3,(H2,28,30)(H,29,34);2-3,6-7,9,14,16H,4-5,8,10-12,27H2,1H3,(H2,28,30)(H,29,34);6-7,10,14H,8-9,11-12H2,1-5H3,(H,25,27);7-8,10H,2-6,9H2,1H3;5-6H,1-4H2;4H,2-3H2,1H3,(H,6,7);2*3-4H2,1-2H3/t2*14-,16+;14-;10-;;4-;;/m1001.1../s1. The highest BCUT2D eigenvalue weighted by atomic mass is 35.5. The number of nitrogen functional groups attached to an aromatic ring is 2. The molecule has 10 amide bonds. The van der Waals surface area contributed by atoms with Crippen LogP contribution in [0.15, 0.2) is 103 Å². The molecule has 32 nitrogen and oxygen atoms in total. The summed E-state index contributed by atoms with van der Waals surface area (Å²) in [6, 6.07) is 28.7. The summed E-state index contributed by atoms with van der Waals surface area (Å²) in [6.07, 6.45) is -12.3. The minimum atomic E-state index is -4.24. The van der Waals surface area contributed by atoms with E-state index in [-0.39, 0.29) is 86.4 Å². The largest absolute Gasteiger partial charge is 0.495 e. The minimum Gasteiger partial charge on any atom is -0.399 e. The summed E-state index contributed by atoms with van der Waals surface area (Å²) in [5, 5.41) is 12.8. The first-order chi connectivity index (χ1) is 69.7. The second-order valence-electron chi connectivity index (χ2n) is 39.5. The van der Waals surface area contributed by atoms with Crippen LogP contribution in [0.2, 0.25) is 15.2 Å². The maximum Gasteiger partial charge on any atom is 0.495 e. The molecule has 0 aliphatic carbocycles. The smallest absolute Gasteiger partial charge is 0.399 e. The molecule has 14 heterocycles. The van der Waals surface area contributed by atoms with Crippen molar-refractivity contribution in [1.82, 2.24) is 40.0 Å². The molecule has 812 valence electrons. The Hall–Kier alpha value is -10.8. The number of halogens is 12. The first-order valence-corrected chi connectivity index (χ1v) is 51.2. The molecule has 0 saturated carbocycles. The van der Waals surface area contributed by atoms with Crippen molar-refractivity contribution >= 4 is 147 Å². The van der Waals surface area contributed by atoms with Gasteiger partial charge in [-0.2, -0.15) is 39.5 Å². The summed E-state index contributed by atoms with van der Waals surface area (Å²) in [4.78, 5) is 116. The fraction of sp³-hybridized carbons (Fsp3) is 0.563. The van der Waals surface area contributed by atoms with Gasteiger partial charge in [0, 0.05) is 196 Å². The van der Waals surface area contributed by atoms with Gasteiger partial charge in [0.05, 0.1) is 37.6 Å². The predicted octanol–water partition coefficient (Wildman–Crippen LogP) is 18.8. The van der Waals surface area contributed by atoms with E-state index in [1.165, 1.54) is 19.6 Å². The van der Waals surface area contributed by atoms with Gasteiger partial charge in [-0.15, -0.1) is 0 Å². The van der Waals surface area contributed by atoms with Crippen LogP contribution in [-0.2, 0) is 47.4 Å². The normalized spacial score (nSPS) is 21.0. The van der Waals surface area contributed by atoms with Crippen LogP contribution in [0, 0.1) is 56.3 Å². The lowest BCUT2D eigenvalue weighted by Gasteiger charge is -2.32. The number of carbonyl (C=O) groups is 7. The minimum absolute atomic E-state index is 0.00345. The Bertz CT molecular complexity index is 5420. The summed E-state index contributed by atoms with van der Waals surface area (Å²) >= 11 is 17.9. The van der Waals surface area contributed by atoms with E-state index in [9.17, 15) is 73.1 Å². The van der Waals surface area contributed by atoms with Crippen LogP contribution in [0.1, 0.15) is 157 Å². The van der Waals surface area contributed by atoms with Gasteiger partial charge in [-0.3, -0.25) is 33.9 Å². The van der Waals surface area contributed by atoms with Crippen molar-refractivity contribution in [3.8, 4) is 22.3 Å². The fourth-order valence-electron chi connectivity index (χ4n) is 18.1. The Kier molecular flexibility index (Phi) is 43.6. The number of amides is 10. The molecule has 148 heavy (non-hydrogen) atoms. The van der Waals surface area contributed by atoms with E-state index in [2.05, 4.69) is 64.9 Å². The average Bonchev–Trinajstić information content (AvgIpc) is 1.61. The molecule has 0 unspecified atom stereocenters. The highest BCUT2D eigenvalue weighted by Gasteiger charge is 2.53. The summed E-state index contributed by atoms with van der Waals surface area (Å²) in [7, 11) is -0.556. The first kappa shape index (κ1) is 119. The van der Waals surface area contributed by atoms with Crippen molar-refractivity contribution in [1.29, 1.82) is 0 Å². The number of nitrogens with one attached hydrogen (secondary N) is 4. The molecule has 10 N–H and O–H groups in total. The lowest BCUT2D eigenvalue weighted by atomic mass is 9.76. The van der Waals surface area contributed by atoms with E-state index in [1.54, 1.807) is 76.5 Å². The van der Waals surface area contributed by atoms with Crippen LogP contribution in [-0.4, -0.2) is 264 Å². The number of anilines is 10. The number of morpholine rings is 2. The second kappa shape index (κ2) is 54.2. The van der Waals surface area contributed by atoms with Crippen LogP contribution in [0.5, 0.6) is 0 Å². The van der Waals surface area contributed by atoms with Gasteiger partial charge in [0.2, 0.25) is 23.6 Å². The van der Waals surface area contributed by atoms with Gasteiger partial charge >= 0.3 is 43.7 Å². The van der Waals surface area contributed by atoms with E-state index in [0.717, 1.165) is 135 Å². The van der Waals surface area contributed by atoms with Crippen LogP contribution >= 0.6 is 34.8 Å². The monoisotopic (exact) mass is 2140 g/mol. The number of hydrogen-bond acceptors (Lipinski definition) is 22. The van der Waals surface area contributed by atoms with Gasteiger partial charge < -0.3 is 91.2 Å². The van der Waals surface area contributed by atoms with Gasteiger partial charge in [0.1, 0.15) is 45.9 Å². The molecular formula is C103H140BCl3F9N19O13. The number of rotatable bonds is 18. The molecule has 17 rings (SSSR count). The predicted molar refractivity (Wildman–Crippen MR) is 561 cm³/mol. The number of benzene rings is 3. The molecule has 10 aliphatic rings. The van der Waals surface area contributed by atoms with E-state index >= 15 is 0 Å². The molecular weight excluding hydrogens is 2000 g/mol. The van der Waals surface area contributed by atoms with Crippen molar-refractivity contribution in [2.75, 3.05) is 196 Å². The molecule has 4 aromatic heterocycles. The molecule has 10 saturated heterocycles. The number of urea groups is 3. The molecule has 10 fully saturated rings. The Morgan fingerprint density at radius 3 is 1.14 bits per heavy atom. The SMILES string of the molecule is CCOCC.CCOCC.C[C@@H]1CC(=O)N(c2cc(Cl)cc(N3CCOCC3)n2)C1.C[C@H]1CNC(=O)C1.Cc1ccc(NC(=O)N2CC[C@@H](CC(F)(F)F)C2)cc1-c1cc(N)nc(N2C[C@H](C)CC2=O)c1.Cc1ccc(NC(=O)N2CC[C@@H](CC(F)(F)F)C2)cc1-c1cc(N)nc(N2C[C@H](N)CC2=O)c1.Cc1ccc(NC(=O)N2CC[C@@H](CC(F)(F)F)C2)cc1B1OC(C)(C)C(C)(C)O1.Clc1cc(Cl)nc(N2CCOCC2)c1. The number of pyridine rings is 4. The number of likely N-dealkylation sites (tertiary alicyclic amines) is 3. The number of carbonyl (C=O) groups excluding carboxylic acids is 7. The Morgan fingerprint density at radius 1 is 0.453 bits per heavy atom. The lowest BCUT2D eigenvalue weighted by molar-refractivity contribution is -0.144. The molecule has 0 radical (unpaired) electrons. The average molecular weight is 2140 g/mol. The molecule has 10 aliphatic heterocycles. The Labute approximate surface area is 875 Å². The number of nitrogens with two attached hydrogens (primary N) is 3. The van der Waals surface area contributed by atoms with E-state index in [1.807, 2.05) is 119 Å². The summed E-state index contributed by atoms with van der Waals surface area (Å²) < 4.78 is 146. The van der Waals surface area contributed by atoms with Gasteiger partial charge in [-0.1, -0.05) is 79.3 Å². The fourth-order valence-corrected chi connectivity index (χ4v) is 18.7. The van der Waals surface area contributed by atoms with Crippen LogP contribution in [0.3, 0.4) is 0 Å². The molecule has 0 bridgehead atoms. The van der Waals surface area contributed by atoms with Crippen LogP contribution in [0.25, 0.3) is 22.3 Å². The molecule has 0 spiro atoms. The van der Waals surface area contributed by atoms with Gasteiger partial charge in [0.15, 0.2) is 0 Å². The first-order valence-electron chi connectivity index (χ1n) is 50.1. The zero-order valence-corrected chi connectivity index (χ0v) is 88.8. The van der Waals surface area contributed by atoms with Crippen LogP contribution < -0.4 is 68.4 Å². The van der Waals surface area contributed by atoms with Gasteiger partial charge in [-0.25, -0.2) is 34.3 Å². The van der Waals surface area contributed by atoms with Gasteiger partial charge in [0.25, 0.3) is 0 Å². The van der Waals surface area contributed by atoms with Crippen molar-refractivity contribution in [3.05, 3.63) is 135 Å². The number of aromatic nitrogens is 4. The number of ether oxygens (including phenoxy) is 4. The topological polar surface area (TPSA) is 379 Å². The third-order valence-electron chi connectivity index (χ3n) is 26.4. The quantitative estimate of drug-likeness (QED) is 0.0238. The third kappa shape index (κ3) is 36.5. The Balaban J connectivity index is 0.000000185. The second-order valence-corrected chi connectivity index (χ2v) is 40.7. The summed E-state index contributed by atoms with van der Waals surface area (Å²) in [6.45, 7) is 40.9. The third-order valence-corrected chi connectivity index (χ3v) is 27.0. The van der Waals surface area contributed by atoms with Crippen molar-refractivity contribution in [3.63, 3.8) is 0 Å². The Morgan fingerprint density at radius 2 is 0.811 bits per heavy atom. The maximum absolute atomic E-state index is 12.7. The number of aryl methyl sites for hydroxylation is 3. The van der Waals surface area contributed by atoms with Gasteiger partial charge in [-0.05, 0) is 255 Å². The highest BCUT2D eigenvalue weighted by Crippen LogP contribution is 2.42. The number of nitrogens with zero attached hydrogens (tertiary/aromatic N) is 12. The van der Waals surface area contributed by atoms with E-state index in [0.29, 0.717) is 133 Å². The maximum atomic E-state index is 12.7. The zero-order chi connectivity index (χ0) is 108. The number of hydrogen-bond donors (Lipinski definition) is 7. The molecule has 3 aromatic carbocycles. The van der Waals surface area contributed by atoms with E-state index < -0.39 is 92.0 Å². The highest BCUT2D eigenvalue weighted by molar-refractivity contribution is 6.62. The van der Waals surface area contributed by atoms with Crippen LogP contribution in [0.4, 0.5) is 112 Å². The molecule has 7 atom stereocenters. The van der Waals surface area contributed by atoms with E-state index in [4.69, 9.17) is 80.3 Å². The lowest BCUT2D eigenvalue weighted by Crippen LogP contribution is -2.41. The van der Waals surface area contributed by atoms with Crippen molar-refractivity contribution in [2.24, 2.45) is 41.2 Å². The number of alkyl halides is 9. The summed E-state index contributed by atoms with van der Waals surface area (Å²) in [5.74, 6) is 3.40.